The molecule has 0 aliphatic heterocycles. The summed E-state index contributed by atoms with van der Waals surface area (Å²) in [5.74, 6) is 0.747. The van der Waals surface area contributed by atoms with Crippen molar-refractivity contribution in [1.29, 1.82) is 0 Å². The highest BCUT2D eigenvalue weighted by Crippen LogP contribution is 2.28. The number of rotatable bonds is 7. The highest BCUT2D eigenvalue weighted by Gasteiger charge is 2.31. The van der Waals surface area contributed by atoms with E-state index in [0.29, 0.717) is 6.42 Å². The van der Waals surface area contributed by atoms with Gasteiger partial charge in [0.25, 0.3) is 0 Å². The number of benzene rings is 1. The van der Waals surface area contributed by atoms with Crippen molar-refractivity contribution in [2.75, 3.05) is 6.61 Å². The van der Waals surface area contributed by atoms with Crippen LogP contribution in [0.3, 0.4) is 0 Å². The molecular weight excluding hydrogens is 305 g/mol. The molecule has 0 saturated heterocycles. The molecule has 0 heterocycles. The minimum atomic E-state index is -4.52. The molecule has 21 heavy (non-hydrogen) atoms. The van der Waals surface area contributed by atoms with Gasteiger partial charge in [-0.3, -0.25) is 0 Å². The Morgan fingerprint density at radius 2 is 1.81 bits per heavy atom. The van der Waals surface area contributed by atoms with Crippen LogP contribution in [-0.2, 0) is 4.74 Å². The van der Waals surface area contributed by atoms with E-state index in [2.05, 4.69) is 0 Å². The van der Waals surface area contributed by atoms with Gasteiger partial charge in [-0.25, -0.2) is 0 Å². The molecule has 0 aromatic heterocycles. The molecule has 0 saturated carbocycles. The van der Waals surface area contributed by atoms with E-state index in [1.54, 1.807) is 6.92 Å². The fourth-order valence-corrected chi connectivity index (χ4v) is 1.78. The normalized spacial score (nSPS) is 15.6. The van der Waals surface area contributed by atoms with Crippen LogP contribution in [-0.4, -0.2) is 25.0 Å². The van der Waals surface area contributed by atoms with Crippen LogP contribution < -0.4 is 4.74 Å². The first-order valence-corrected chi connectivity index (χ1v) is 6.93. The van der Waals surface area contributed by atoms with E-state index in [-0.39, 0.29) is 18.8 Å². The number of para-hydroxylation sites is 1. The fraction of sp³-hybridized carbons (Fsp3) is 0.467. The van der Waals surface area contributed by atoms with Gasteiger partial charge in [0.05, 0.1) is 18.8 Å². The second kappa shape index (κ2) is 8.29. The van der Waals surface area contributed by atoms with Gasteiger partial charge in [-0.1, -0.05) is 29.8 Å². The molecule has 0 fully saturated rings. The first-order chi connectivity index (χ1) is 9.79. The van der Waals surface area contributed by atoms with Gasteiger partial charge in [0.1, 0.15) is 10.8 Å². The fourth-order valence-electron chi connectivity index (χ4n) is 1.72. The lowest BCUT2D eigenvalue weighted by atomic mass is 10.2. The lowest BCUT2D eigenvalue weighted by Crippen LogP contribution is -2.21. The summed E-state index contributed by atoms with van der Waals surface area (Å²) in [6, 6.07) is 9.31. The topological polar surface area (TPSA) is 18.5 Å². The van der Waals surface area contributed by atoms with Crippen LogP contribution in [0.25, 0.3) is 0 Å². The van der Waals surface area contributed by atoms with Crippen LogP contribution in [0.4, 0.5) is 13.2 Å². The van der Waals surface area contributed by atoms with E-state index in [9.17, 15) is 13.2 Å². The highest BCUT2D eigenvalue weighted by molar-refractivity contribution is 6.30. The maximum Gasteiger partial charge on any atom is 0.426 e. The van der Waals surface area contributed by atoms with E-state index < -0.39 is 11.2 Å². The third-order valence-electron chi connectivity index (χ3n) is 2.66. The Hall–Kier alpha value is -1.20. The first-order valence-electron chi connectivity index (χ1n) is 6.55. The number of hydrogen-bond donors (Lipinski definition) is 0. The molecule has 1 aromatic carbocycles. The van der Waals surface area contributed by atoms with E-state index in [0.717, 1.165) is 11.8 Å². The van der Waals surface area contributed by atoms with Crippen LogP contribution in [0.5, 0.6) is 5.75 Å². The SMILES string of the molecule is CC(CC(C)Oc1ccccc1)OCC=C(Cl)C(F)(F)F. The maximum absolute atomic E-state index is 12.2. The molecule has 0 spiro atoms. The van der Waals surface area contributed by atoms with Crippen molar-refractivity contribution in [2.24, 2.45) is 0 Å². The van der Waals surface area contributed by atoms with Crippen LogP contribution in [0, 0.1) is 0 Å². The lowest BCUT2D eigenvalue weighted by molar-refractivity contribution is -0.0853. The Bertz CT molecular complexity index is 446. The number of halogens is 4. The summed E-state index contributed by atoms with van der Waals surface area (Å²) in [7, 11) is 0. The summed E-state index contributed by atoms with van der Waals surface area (Å²) >= 11 is 5.08. The van der Waals surface area contributed by atoms with Crippen molar-refractivity contribution < 1.29 is 22.6 Å². The van der Waals surface area contributed by atoms with Crippen molar-refractivity contribution in [3.63, 3.8) is 0 Å². The number of allylic oxidation sites excluding steroid dienone is 1. The quantitative estimate of drug-likeness (QED) is 0.708. The molecule has 0 radical (unpaired) electrons. The van der Waals surface area contributed by atoms with Gasteiger partial charge < -0.3 is 9.47 Å². The Kier molecular flexibility index (Phi) is 7.05. The molecule has 2 unspecified atom stereocenters. The molecule has 0 N–H and O–H groups in total. The van der Waals surface area contributed by atoms with Crippen LogP contribution >= 0.6 is 11.6 Å². The second-order valence-corrected chi connectivity index (χ2v) is 5.08. The highest BCUT2D eigenvalue weighted by atomic mass is 35.5. The summed E-state index contributed by atoms with van der Waals surface area (Å²) in [5.41, 5.74) is 0. The zero-order valence-corrected chi connectivity index (χ0v) is 12.6. The molecule has 0 amide bonds. The summed E-state index contributed by atoms with van der Waals surface area (Å²) in [6.07, 6.45) is -3.48. The minimum Gasteiger partial charge on any atom is -0.491 e. The average molecular weight is 323 g/mol. The smallest absolute Gasteiger partial charge is 0.426 e. The zero-order chi connectivity index (χ0) is 15.9. The summed E-state index contributed by atoms with van der Waals surface area (Å²) < 4.78 is 47.4. The number of hydrogen-bond acceptors (Lipinski definition) is 2. The average Bonchev–Trinajstić information content (AvgIpc) is 2.38. The molecule has 1 rings (SSSR count). The van der Waals surface area contributed by atoms with Gasteiger partial charge in [-0.15, -0.1) is 0 Å². The molecular formula is C15H18ClF3O2. The predicted molar refractivity (Wildman–Crippen MR) is 76.6 cm³/mol. The van der Waals surface area contributed by atoms with Crippen LogP contribution in [0.2, 0.25) is 0 Å². The Morgan fingerprint density at radius 1 is 1.19 bits per heavy atom. The molecule has 2 nitrogen and oxygen atoms in total. The summed E-state index contributed by atoms with van der Waals surface area (Å²) in [6.45, 7) is 3.48. The molecule has 1 aromatic rings. The molecule has 0 aliphatic rings. The van der Waals surface area contributed by atoms with E-state index in [1.807, 2.05) is 37.3 Å². The van der Waals surface area contributed by atoms with E-state index in [4.69, 9.17) is 21.1 Å². The van der Waals surface area contributed by atoms with Crippen molar-refractivity contribution in [2.45, 2.75) is 38.7 Å². The molecule has 6 heteroatoms. The number of ether oxygens (including phenoxy) is 2. The molecule has 0 bridgehead atoms. The standard InChI is InChI=1S/C15H18ClF3O2/c1-11(20-9-8-14(16)15(17,18)19)10-12(2)21-13-6-4-3-5-7-13/h3-8,11-12H,9-10H2,1-2H3. The Labute approximate surface area is 127 Å². The van der Waals surface area contributed by atoms with E-state index in [1.165, 1.54) is 0 Å². The molecule has 0 aliphatic carbocycles. The first kappa shape index (κ1) is 17.9. The lowest BCUT2D eigenvalue weighted by Gasteiger charge is -2.19. The minimum absolute atomic E-state index is 0.107. The van der Waals surface area contributed by atoms with E-state index >= 15 is 0 Å². The van der Waals surface area contributed by atoms with Gasteiger partial charge in [0.2, 0.25) is 0 Å². The maximum atomic E-state index is 12.2. The van der Waals surface area contributed by atoms with Crippen molar-refractivity contribution in [3.8, 4) is 5.75 Å². The second-order valence-electron chi connectivity index (χ2n) is 4.67. The van der Waals surface area contributed by atoms with Gasteiger partial charge >= 0.3 is 6.18 Å². The van der Waals surface area contributed by atoms with Gasteiger partial charge in [-0.05, 0) is 32.1 Å². The van der Waals surface area contributed by atoms with Gasteiger partial charge in [0.15, 0.2) is 0 Å². The van der Waals surface area contributed by atoms with Crippen LogP contribution in [0.1, 0.15) is 20.3 Å². The Balaban J connectivity index is 2.32. The molecule has 118 valence electrons. The van der Waals surface area contributed by atoms with Gasteiger partial charge in [0, 0.05) is 6.42 Å². The van der Waals surface area contributed by atoms with Crippen molar-refractivity contribution >= 4 is 11.6 Å². The third-order valence-corrected chi connectivity index (χ3v) is 3.03. The third kappa shape index (κ3) is 7.39. The molecule has 2 atom stereocenters. The van der Waals surface area contributed by atoms with Crippen molar-refractivity contribution in [1.82, 2.24) is 0 Å². The van der Waals surface area contributed by atoms with Gasteiger partial charge in [-0.2, -0.15) is 13.2 Å². The largest absolute Gasteiger partial charge is 0.491 e. The summed E-state index contributed by atoms with van der Waals surface area (Å²) in [5, 5.41) is -1.16. The van der Waals surface area contributed by atoms with Crippen LogP contribution in [0.15, 0.2) is 41.4 Å². The summed E-state index contributed by atoms with van der Waals surface area (Å²) in [4.78, 5) is 0. The monoisotopic (exact) mass is 322 g/mol. The zero-order valence-electron chi connectivity index (χ0n) is 11.9. The van der Waals surface area contributed by atoms with Crippen molar-refractivity contribution in [3.05, 3.63) is 41.4 Å². The predicted octanol–water partition coefficient (Wildman–Crippen LogP) is 4.93. The number of alkyl halides is 3. The Morgan fingerprint density at radius 3 is 2.38 bits per heavy atom.